The minimum Gasteiger partial charge on any atom is -0.490 e. The Morgan fingerprint density at radius 2 is 1.72 bits per heavy atom. The Kier molecular flexibility index (Phi) is 11.5. The van der Waals surface area contributed by atoms with Gasteiger partial charge in [0.05, 0.1) is 19.8 Å². The number of amides is 2. The molecule has 0 aromatic heterocycles. The fraction of sp³-hybridized carbons (Fsp3) is 0.393. The highest BCUT2D eigenvalue weighted by Crippen LogP contribution is 2.29. The van der Waals surface area contributed by atoms with Crippen molar-refractivity contribution in [3.63, 3.8) is 0 Å². The molecule has 0 heterocycles. The quantitative estimate of drug-likeness (QED) is 0.249. The van der Waals surface area contributed by atoms with E-state index in [2.05, 4.69) is 12.2 Å². The molecule has 1 N–H and O–H groups in total. The lowest BCUT2D eigenvalue weighted by molar-refractivity contribution is -0.148. The van der Waals surface area contributed by atoms with Crippen LogP contribution in [0, 0.1) is 13.8 Å². The van der Waals surface area contributed by atoms with Gasteiger partial charge in [0.15, 0.2) is 18.1 Å². The molecule has 0 spiro atoms. The number of aryl methyl sites for hydroxylation is 2. The largest absolute Gasteiger partial charge is 0.490 e. The van der Waals surface area contributed by atoms with Gasteiger partial charge in [0.25, 0.3) is 5.91 Å². The number of carbonyl (C=O) groups excluding carboxylic acids is 3. The van der Waals surface area contributed by atoms with Crippen molar-refractivity contribution >= 4 is 29.5 Å². The van der Waals surface area contributed by atoms with Crippen LogP contribution >= 0.6 is 0 Å². The summed E-state index contributed by atoms with van der Waals surface area (Å²) >= 11 is 0. The zero-order valence-electron chi connectivity index (χ0n) is 21.8. The molecule has 0 fully saturated rings. The van der Waals surface area contributed by atoms with Gasteiger partial charge in [0.2, 0.25) is 5.91 Å². The summed E-state index contributed by atoms with van der Waals surface area (Å²) in [4.78, 5) is 38.0. The molecule has 0 atom stereocenters. The van der Waals surface area contributed by atoms with Gasteiger partial charge in [-0.2, -0.15) is 0 Å². The van der Waals surface area contributed by atoms with Gasteiger partial charge in [0, 0.05) is 18.8 Å². The lowest BCUT2D eigenvalue weighted by Crippen LogP contribution is -2.37. The molecule has 8 heteroatoms. The smallest absolute Gasteiger partial charge is 0.331 e. The van der Waals surface area contributed by atoms with Crippen LogP contribution in [0.1, 0.15) is 43.4 Å². The van der Waals surface area contributed by atoms with Crippen molar-refractivity contribution in [3.8, 4) is 11.5 Å². The van der Waals surface area contributed by atoms with Crippen LogP contribution in [0.15, 0.2) is 42.5 Å². The van der Waals surface area contributed by atoms with Gasteiger partial charge in [-0.15, -0.1) is 0 Å². The average Bonchev–Trinajstić information content (AvgIpc) is 2.85. The van der Waals surface area contributed by atoms with Crippen molar-refractivity contribution in [2.45, 2.75) is 40.5 Å². The summed E-state index contributed by atoms with van der Waals surface area (Å²) in [6, 6.07) is 11.1. The minimum atomic E-state index is -0.669. The van der Waals surface area contributed by atoms with Crippen LogP contribution in [0.2, 0.25) is 0 Å². The molecule has 0 aliphatic heterocycles. The van der Waals surface area contributed by atoms with E-state index in [-0.39, 0.29) is 12.5 Å². The Hall–Kier alpha value is -3.81. The Bertz CT molecular complexity index is 1060. The summed E-state index contributed by atoms with van der Waals surface area (Å²) in [5.74, 6) is -0.236. The molecule has 2 aromatic carbocycles. The summed E-state index contributed by atoms with van der Waals surface area (Å²) in [5.41, 5.74) is 3.33. The number of unbranched alkanes of at least 4 members (excludes halogenated alkanes) is 1. The Labute approximate surface area is 213 Å². The number of esters is 1. The maximum atomic E-state index is 12.4. The molecule has 8 nitrogen and oxygen atoms in total. The van der Waals surface area contributed by atoms with Crippen LogP contribution in [0.5, 0.6) is 11.5 Å². The van der Waals surface area contributed by atoms with E-state index in [0.29, 0.717) is 24.7 Å². The van der Waals surface area contributed by atoms with Gasteiger partial charge in [-0.05, 0) is 62.1 Å². The number of para-hydroxylation sites is 1. The molecule has 2 amide bonds. The van der Waals surface area contributed by atoms with E-state index in [1.165, 1.54) is 18.0 Å². The molecule has 194 valence electrons. The summed E-state index contributed by atoms with van der Waals surface area (Å²) in [7, 11) is 1.48. The first-order chi connectivity index (χ1) is 17.2. The van der Waals surface area contributed by atoms with Crippen LogP contribution in [-0.2, 0) is 19.1 Å². The van der Waals surface area contributed by atoms with Crippen LogP contribution in [0.4, 0.5) is 5.69 Å². The Balaban J connectivity index is 1.85. The highest BCUT2D eigenvalue weighted by molar-refractivity contribution is 5.96. The molecule has 36 heavy (non-hydrogen) atoms. The van der Waals surface area contributed by atoms with E-state index < -0.39 is 18.5 Å². The van der Waals surface area contributed by atoms with Crippen molar-refractivity contribution in [3.05, 3.63) is 59.2 Å². The lowest BCUT2D eigenvalue weighted by atomic mass is 10.1. The molecule has 0 saturated heterocycles. The molecular formula is C28H36N2O6. The van der Waals surface area contributed by atoms with E-state index in [1.807, 2.05) is 39.0 Å². The molecule has 0 unspecified atom stereocenters. The third-order valence-electron chi connectivity index (χ3n) is 5.32. The summed E-state index contributed by atoms with van der Waals surface area (Å²) in [5, 5.41) is 2.83. The first-order valence-electron chi connectivity index (χ1n) is 12.1. The number of rotatable bonds is 13. The van der Waals surface area contributed by atoms with Crippen LogP contribution in [0.25, 0.3) is 6.08 Å². The maximum absolute atomic E-state index is 12.4. The number of nitrogens with zero attached hydrogens (tertiary/aromatic N) is 1. The number of carbonyl (C=O) groups is 3. The fourth-order valence-electron chi connectivity index (χ4n) is 3.29. The Morgan fingerprint density at radius 3 is 2.39 bits per heavy atom. The molecular weight excluding hydrogens is 460 g/mol. The number of benzene rings is 2. The molecule has 0 bridgehead atoms. The highest BCUT2D eigenvalue weighted by Gasteiger charge is 2.16. The van der Waals surface area contributed by atoms with Crippen molar-refractivity contribution in [1.82, 2.24) is 4.90 Å². The zero-order valence-corrected chi connectivity index (χ0v) is 21.8. The molecule has 2 aromatic rings. The van der Waals surface area contributed by atoms with E-state index in [9.17, 15) is 14.4 Å². The number of nitrogens with one attached hydrogen (secondary N) is 1. The van der Waals surface area contributed by atoms with Gasteiger partial charge < -0.3 is 24.4 Å². The number of hydrogen-bond donors (Lipinski definition) is 1. The van der Waals surface area contributed by atoms with Crippen LogP contribution in [0.3, 0.4) is 0 Å². The van der Waals surface area contributed by atoms with Gasteiger partial charge in [-0.1, -0.05) is 37.6 Å². The number of anilines is 1. The van der Waals surface area contributed by atoms with Crippen molar-refractivity contribution < 1.29 is 28.6 Å². The maximum Gasteiger partial charge on any atom is 0.331 e. The van der Waals surface area contributed by atoms with Crippen LogP contribution < -0.4 is 14.8 Å². The SMILES string of the molecule is CCCCOc1ccc(/C=C/C(=O)OCC(=O)N(C)CC(=O)Nc2c(C)cccc2C)cc1OCC. The van der Waals surface area contributed by atoms with E-state index in [1.54, 1.807) is 24.3 Å². The Morgan fingerprint density at radius 1 is 1.00 bits per heavy atom. The molecule has 0 saturated carbocycles. The second kappa shape index (κ2) is 14.6. The molecule has 0 aliphatic carbocycles. The highest BCUT2D eigenvalue weighted by atomic mass is 16.5. The predicted octanol–water partition coefficient (Wildman–Crippen LogP) is 4.53. The zero-order chi connectivity index (χ0) is 26.5. The second-order valence-corrected chi connectivity index (χ2v) is 8.35. The first kappa shape index (κ1) is 28.4. The topological polar surface area (TPSA) is 94.2 Å². The normalized spacial score (nSPS) is 10.7. The predicted molar refractivity (Wildman–Crippen MR) is 140 cm³/mol. The summed E-state index contributed by atoms with van der Waals surface area (Å²) in [6.45, 7) is 8.24. The van der Waals surface area contributed by atoms with Gasteiger partial charge in [-0.3, -0.25) is 9.59 Å². The number of ether oxygens (including phenoxy) is 3. The van der Waals surface area contributed by atoms with E-state index in [4.69, 9.17) is 14.2 Å². The second-order valence-electron chi connectivity index (χ2n) is 8.35. The number of hydrogen-bond acceptors (Lipinski definition) is 6. The molecule has 0 aliphatic rings. The average molecular weight is 497 g/mol. The van der Waals surface area contributed by atoms with Gasteiger partial charge >= 0.3 is 5.97 Å². The molecule has 2 rings (SSSR count). The van der Waals surface area contributed by atoms with Crippen LogP contribution in [-0.4, -0.2) is 56.1 Å². The number of likely N-dealkylation sites (N-methyl/N-ethyl adjacent to an activating group) is 1. The third-order valence-corrected chi connectivity index (χ3v) is 5.32. The van der Waals surface area contributed by atoms with E-state index in [0.717, 1.165) is 35.2 Å². The minimum absolute atomic E-state index is 0.160. The van der Waals surface area contributed by atoms with E-state index >= 15 is 0 Å². The lowest BCUT2D eigenvalue weighted by Gasteiger charge is -2.18. The monoisotopic (exact) mass is 496 g/mol. The first-order valence-corrected chi connectivity index (χ1v) is 12.1. The van der Waals surface area contributed by atoms with Crippen molar-refractivity contribution in [2.75, 3.05) is 38.7 Å². The standard InChI is InChI=1S/C28H36N2O6/c1-6-8-16-35-23-14-12-22(17-24(23)34-7-2)13-15-27(33)36-19-26(32)30(5)18-25(31)29-28-20(3)10-9-11-21(28)4/h9-15,17H,6-8,16,18-19H2,1-5H3,(H,29,31)/b15-13+. The van der Waals surface area contributed by atoms with Gasteiger partial charge in [0.1, 0.15) is 0 Å². The third kappa shape index (κ3) is 9.09. The molecule has 0 radical (unpaired) electrons. The fourth-order valence-corrected chi connectivity index (χ4v) is 3.29. The van der Waals surface area contributed by atoms with Crippen molar-refractivity contribution in [1.29, 1.82) is 0 Å². The van der Waals surface area contributed by atoms with Gasteiger partial charge in [-0.25, -0.2) is 4.79 Å². The summed E-state index contributed by atoms with van der Waals surface area (Å²) < 4.78 is 16.5. The summed E-state index contributed by atoms with van der Waals surface area (Å²) in [6.07, 6.45) is 4.80. The van der Waals surface area contributed by atoms with Crippen molar-refractivity contribution in [2.24, 2.45) is 0 Å².